The number of nitrogens with zero attached hydrogens (tertiary/aromatic N) is 3. The predicted molar refractivity (Wildman–Crippen MR) is 108 cm³/mol. The average Bonchev–Trinajstić information content (AvgIpc) is 3.20. The van der Waals surface area contributed by atoms with Gasteiger partial charge < -0.3 is 14.7 Å². The molecule has 0 bridgehead atoms. The van der Waals surface area contributed by atoms with Crippen molar-refractivity contribution in [3.8, 4) is 11.4 Å². The van der Waals surface area contributed by atoms with Crippen molar-refractivity contribution in [2.75, 3.05) is 19.6 Å². The first kappa shape index (κ1) is 19.4. The van der Waals surface area contributed by atoms with Crippen LogP contribution in [0.5, 0.6) is 0 Å². The van der Waals surface area contributed by atoms with Crippen LogP contribution in [0.3, 0.4) is 0 Å². The summed E-state index contributed by atoms with van der Waals surface area (Å²) in [5.74, 6) is 1.64. The normalized spacial score (nSPS) is 22.6. The van der Waals surface area contributed by atoms with E-state index < -0.39 is 0 Å². The number of piperidine rings is 2. The summed E-state index contributed by atoms with van der Waals surface area (Å²) in [5.41, 5.74) is 0.846. The van der Waals surface area contributed by atoms with Gasteiger partial charge in [-0.05, 0) is 69.0 Å². The maximum absolute atomic E-state index is 12.3. The van der Waals surface area contributed by atoms with Gasteiger partial charge in [0, 0.05) is 36.0 Å². The van der Waals surface area contributed by atoms with Crippen molar-refractivity contribution in [2.24, 2.45) is 5.92 Å². The fourth-order valence-corrected chi connectivity index (χ4v) is 4.57. The molecule has 6 nitrogen and oxygen atoms in total. The number of nitrogens with one attached hydrogen (secondary N) is 1. The molecule has 1 aromatic carbocycles. The fourth-order valence-electron chi connectivity index (χ4n) is 4.44. The number of aryl methyl sites for hydroxylation is 1. The van der Waals surface area contributed by atoms with Crippen LogP contribution in [0.15, 0.2) is 28.8 Å². The molecule has 2 aliphatic heterocycles. The van der Waals surface area contributed by atoms with E-state index in [1.807, 2.05) is 12.1 Å². The molecule has 7 heteroatoms. The third-order valence-electron chi connectivity index (χ3n) is 5.93. The number of hydrogen-bond donors (Lipinski definition) is 1. The highest BCUT2D eigenvalue weighted by Gasteiger charge is 2.32. The van der Waals surface area contributed by atoms with E-state index in [9.17, 15) is 4.79 Å². The summed E-state index contributed by atoms with van der Waals surface area (Å²) < 4.78 is 5.28. The van der Waals surface area contributed by atoms with Gasteiger partial charge in [-0.2, -0.15) is 4.98 Å². The Morgan fingerprint density at radius 3 is 2.86 bits per heavy atom. The Kier molecular flexibility index (Phi) is 6.27. The van der Waals surface area contributed by atoms with E-state index >= 15 is 0 Å². The first-order chi connectivity index (χ1) is 13.7. The Balaban J connectivity index is 1.24. The van der Waals surface area contributed by atoms with E-state index in [-0.39, 0.29) is 5.91 Å². The van der Waals surface area contributed by atoms with Crippen LogP contribution in [-0.4, -0.2) is 46.6 Å². The van der Waals surface area contributed by atoms with Crippen LogP contribution >= 0.6 is 11.6 Å². The van der Waals surface area contributed by atoms with Gasteiger partial charge in [0.05, 0.1) is 0 Å². The second-order valence-electron chi connectivity index (χ2n) is 7.82. The second kappa shape index (κ2) is 9.05. The monoisotopic (exact) mass is 402 g/mol. The van der Waals surface area contributed by atoms with Crippen LogP contribution in [0.1, 0.15) is 44.4 Å². The van der Waals surface area contributed by atoms with Gasteiger partial charge >= 0.3 is 0 Å². The number of amides is 1. The minimum atomic E-state index is 0.0548. The standard InChI is InChI=1S/C21H27ClN4O2/c22-17-8-6-15(7-9-17)21-24-20(28-25-21)11-10-19(27)23-14-16-4-3-13-26-12-2-1-5-18(16)26/h6-9,16,18H,1-5,10-14H2,(H,23,27)/t16-,18+/m0/s1. The molecule has 28 heavy (non-hydrogen) atoms. The topological polar surface area (TPSA) is 71.3 Å². The van der Waals surface area contributed by atoms with E-state index in [1.54, 1.807) is 12.1 Å². The first-order valence-corrected chi connectivity index (χ1v) is 10.7. The van der Waals surface area contributed by atoms with Crippen molar-refractivity contribution >= 4 is 17.5 Å². The Bertz CT molecular complexity index is 790. The van der Waals surface area contributed by atoms with Crippen molar-refractivity contribution < 1.29 is 9.32 Å². The molecule has 0 unspecified atom stereocenters. The second-order valence-corrected chi connectivity index (χ2v) is 8.26. The van der Waals surface area contributed by atoms with Gasteiger partial charge in [-0.3, -0.25) is 4.79 Å². The lowest BCUT2D eigenvalue weighted by molar-refractivity contribution is -0.121. The van der Waals surface area contributed by atoms with Crippen LogP contribution in [0.4, 0.5) is 0 Å². The maximum Gasteiger partial charge on any atom is 0.227 e. The van der Waals surface area contributed by atoms with Crippen molar-refractivity contribution in [1.29, 1.82) is 0 Å². The van der Waals surface area contributed by atoms with Gasteiger partial charge in [0.2, 0.25) is 17.6 Å². The van der Waals surface area contributed by atoms with Gasteiger partial charge in [0.15, 0.2) is 0 Å². The molecular formula is C21H27ClN4O2. The molecule has 2 saturated heterocycles. The summed E-state index contributed by atoms with van der Waals surface area (Å²) >= 11 is 5.90. The molecule has 150 valence electrons. The number of hydrogen-bond acceptors (Lipinski definition) is 5. The zero-order chi connectivity index (χ0) is 19.3. The van der Waals surface area contributed by atoms with Crippen LogP contribution < -0.4 is 5.32 Å². The molecule has 2 atom stereocenters. The van der Waals surface area contributed by atoms with Crippen LogP contribution in [0.2, 0.25) is 5.02 Å². The smallest absolute Gasteiger partial charge is 0.227 e. The average molecular weight is 403 g/mol. The molecule has 3 heterocycles. The van der Waals surface area contributed by atoms with Crippen molar-refractivity contribution in [2.45, 2.75) is 51.0 Å². The molecule has 1 aromatic heterocycles. The van der Waals surface area contributed by atoms with Crippen LogP contribution in [0.25, 0.3) is 11.4 Å². The SMILES string of the molecule is O=C(CCc1nc(-c2ccc(Cl)cc2)no1)NC[C@@H]1CCCN2CCCC[C@H]12. The molecule has 2 aliphatic rings. The predicted octanol–water partition coefficient (Wildman–Crippen LogP) is 3.70. The molecule has 4 rings (SSSR count). The quantitative estimate of drug-likeness (QED) is 0.797. The number of halogens is 1. The fraction of sp³-hybridized carbons (Fsp3) is 0.571. The third kappa shape index (κ3) is 4.73. The highest BCUT2D eigenvalue weighted by atomic mass is 35.5. The molecule has 1 N–H and O–H groups in total. The van der Waals surface area contributed by atoms with Crippen molar-refractivity contribution in [3.63, 3.8) is 0 Å². The Labute approximate surface area is 170 Å². The molecule has 2 aromatic rings. The van der Waals surface area contributed by atoms with Crippen molar-refractivity contribution in [1.82, 2.24) is 20.4 Å². The number of benzene rings is 1. The van der Waals surface area contributed by atoms with Gasteiger partial charge in [-0.1, -0.05) is 23.2 Å². The van der Waals surface area contributed by atoms with E-state index in [4.69, 9.17) is 16.1 Å². The Morgan fingerprint density at radius 1 is 1.18 bits per heavy atom. The highest BCUT2D eigenvalue weighted by molar-refractivity contribution is 6.30. The van der Waals surface area contributed by atoms with E-state index in [1.165, 1.54) is 45.2 Å². The molecular weight excluding hydrogens is 376 g/mol. The summed E-state index contributed by atoms with van der Waals surface area (Å²) in [7, 11) is 0. The van der Waals surface area contributed by atoms with E-state index in [0.29, 0.717) is 41.5 Å². The minimum Gasteiger partial charge on any atom is -0.356 e. The van der Waals surface area contributed by atoms with Gasteiger partial charge in [0.1, 0.15) is 0 Å². The number of carbonyl (C=O) groups is 1. The lowest BCUT2D eigenvalue weighted by atomic mass is 9.83. The summed E-state index contributed by atoms with van der Waals surface area (Å²) in [6.45, 7) is 3.23. The summed E-state index contributed by atoms with van der Waals surface area (Å²) in [5, 5.41) is 7.79. The summed E-state index contributed by atoms with van der Waals surface area (Å²) in [6.07, 6.45) is 7.19. The van der Waals surface area contributed by atoms with Crippen molar-refractivity contribution in [3.05, 3.63) is 35.2 Å². The van der Waals surface area contributed by atoms with E-state index in [2.05, 4.69) is 20.4 Å². The Morgan fingerprint density at radius 2 is 2.00 bits per heavy atom. The zero-order valence-electron chi connectivity index (χ0n) is 16.1. The zero-order valence-corrected chi connectivity index (χ0v) is 16.8. The Hall–Kier alpha value is -1.92. The van der Waals surface area contributed by atoms with Crippen LogP contribution in [-0.2, 0) is 11.2 Å². The maximum atomic E-state index is 12.3. The van der Waals surface area contributed by atoms with E-state index in [0.717, 1.165) is 12.1 Å². The molecule has 2 fully saturated rings. The molecule has 0 aliphatic carbocycles. The summed E-state index contributed by atoms with van der Waals surface area (Å²) in [4.78, 5) is 19.3. The molecule has 0 radical (unpaired) electrons. The summed E-state index contributed by atoms with van der Waals surface area (Å²) in [6, 6.07) is 7.93. The van der Waals surface area contributed by atoms with Gasteiger partial charge in [-0.15, -0.1) is 0 Å². The lowest BCUT2D eigenvalue weighted by Gasteiger charge is -2.44. The molecule has 1 amide bonds. The number of fused-ring (bicyclic) bond motifs is 1. The first-order valence-electron chi connectivity index (χ1n) is 10.3. The van der Waals surface area contributed by atoms with Gasteiger partial charge in [-0.25, -0.2) is 0 Å². The highest BCUT2D eigenvalue weighted by Crippen LogP contribution is 2.30. The molecule has 0 spiro atoms. The largest absolute Gasteiger partial charge is 0.356 e. The van der Waals surface area contributed by atoms with Crippen LogP contribution in [0, 0.1) is 5.92 Å². The number of rotatable bonds is 6. The minimum absolute atomic E-state index is 0.0548. The van der Waals surface area contributed by atoms with Gasteiger partial charge in [0.25, 0.3) is 0 Å². The number of carbonyl (C=O) groups excluding carboxylic acids is 1. The lowest BCUT2D eigenvalue weighted by Crippen LogP contribution is -2.51. The number of aromatic nitrogens is 2. The molecule has 0 saturated carbocycles. The third-order valence-corrected chi connectivity index (χ3v) is 6.18.